The molecule has 2 heterocycles. The van der Waals surface area contributed by atoms with Crippen LogP contribution in [0.1, 0.15) is 11.8 Å². The highest BCUT2D eigenvalue weighted by Gasteiger charge is 2.11. The highest BCUT2D eigenvalue weighted by Crippen LogP contribution is 2.32. The second-order valence-corrected chi connectivity index (χ2v) is 8.51. The molecule has 0 spiro atoms. The lowest BCUT2D eigenvalue weighted by molar-refractivity contribution is 0.340. The van der Waals surface area contributed by atoms with Crippen molar-refractivity contribution in [3.63, 3.8) is 0 Å². The molecule has 0 aliphatic rings. The van der Waals surface area contributed by atoms with Gasteiger partial charge in [0.25, 0.3) is 0 Å². The van der Waals surface area contributed by atoms with Crippen LogP contribution in [0.3, 0.4) is 0 Å². The van der Waals surface area contributed by atoms with E-state index in [2.05, 4.69) is 19.1 Å². The summed E-state index contributed by atoms with van der Waals surface area (Å²) in [6.45, 7) is 4.70. The van der Waals surface area contributed by atoms with Gasteiger partial charge >= 0.3 is 0 Å². The van der Waals surface area contributed by atoms with E-state index in [1.54, 1.807) is 11.3 Å². The highest BCUT2D eigenvalue weighted by atomic mass is 32.1. The van der Waals surface area contributed by atoms with Gasteiger partial charge in [0.15, 0.2) is 0 Å². The highest BCUT2D eigenvalue weighted by molar-refractivity contribution is 7.15. The van der Waals surface area contributed by atoms with E-state index in [0.29, 0.717) is 6.61 Å². The first-order valence-corrected chi connectivity index (χ1v) is 11.4. The van der Waals surface area contributed by atoms with Crippen LogP contribution in [0, 0.1) is 6.92 Å². The predicted octanol–water partition coefficient (Wildman–Crippen LogP) is 7.16. The van der Waals surface area contributed by atoms with Gasteiger partial charge in [-0.2, -0.15) is 0 Å². The molecule has 5 aromatic rings. The molecular weight excluding hydrogens is 416 g/mol. The molecule has 4 nitrogen and oxygen atoms in total. The van der Waals surface area contributed by atoms with Gasteiger partial charge in [0, 0.05) is 27.5 Å². The van der Waals surface area contributed by atoms with Crippen LogP contribution in [0.4, 0.5) is 5.13 Å². The molecule has 5 rings (SSSR count). The third kappa shape index (κ3) is 4.07. The third-order valence-electron chi connectivity index (χ3n) is 5.15. The summed E-state index contributed by atoms with van der Waals surface area (Å²) in [4.78, 5) is 10.9. The Labute approximate surface area is 190 Å². The van der Waals surface area contributed by atoms with E-state index >= 15 is 0 Å². The van der Waals surface area contributed by atoms with E-state index in [0.717, 1.165) is 54.7 Å². The second-order valence-electron chi connectivity index (χ2n) is 7.33. The standard InChI is InChI=1S/C27H22N2O2S/c1-3-30-21-15-13-19(14-16-21)25-17-23(22-11-7-8-12-24(22)31-25)28-27-29-26(18(2)32-27)20-9-5-4-6-10-20/h4-17H,3H2,1-2H3/b28-23+. The number of aryl methyl sites for hydroxylation is 1. The van der Waals surface area contributed by atoms with Crippen molar-refractivity contribution in [2.45, 2.75) is 13.8 Å². The van der Waals surface area contributed by atoms with Gasteiger partial charge in [0.2, 0.25) is 5.13 Å². The number of para-hydroxylation sites is 1. The average molecular weight is 439 g/mol. The topological polar surface area (TPSA) is 47.6 Å². The van der Waals surface area contributed by atoms with Gasteiger partial charge in [-0.3, -0.25) is 0 Å². The number of aromatic nitrogens is 1. The minimum absolute atomic E-state index is 0.640. The number of rotatable bonds is 5. The fourth-order valence-electron chi connectivity index (χ4n) is 3.63. The number of hydrogen-bond donors (Lipinski definition) is 0. The molecule has 0 unspecified atom stereocenters. The molecular formula is C27H22N2O2S. The van der Waals surface area contributed by atoms with Crippen molar-refractivity contribution in [2.24, 2.45) is 4.99 Å². The molecule has 158 valence electrons. The molecule has 0 amide bonds. The van der Waals surface area contributed by atoms with Gasteiger partial charge in [-0.05, 0) is 50.2 Å². The van der Waals surface area contributed by atoms with Crippen molar-refractivity contribution in [3.8, 4) is 28.3 Å². The quantitative estimate of drug-likeness (QED) is 0.292. The number of hydrogen-bond acceptors (Lipinski definition) is 5. The zero-order chi connectivity index (χ0) is 21.9. The van der Waals surface area contributed by atoms with E-state index in [-0.39, 0.29) is 0 Å². The zero-order valence-electron chi connectivity index (χ0n) is 17.9. The molecule has 0 saturated carbocycles. The number of benzene rings is 3. The first-order chi connectivity index (χ1) is 15.7. The van der Waals surface area contributed by atoms with Gasteiger partial charge in [-0.1, -0.05) is 53.8 Å². The van der Waals surface area contributed by atoms with Crippen LogP contribution in [0.2, 0.25) is 0 Å². The van der Waals surface area contributed by atoms with E-state index in [1.807, 2.05) is 79.7 Å². The number of fused-ring (bicyclic) bond motifs is 1. The SMILES string of the molecule is CCOc1ccc(-c2c/c(=N\c3nc(-c4ccccc4)c(C)s3)c3ccccc3o2)cc1. The van der Waals surface area contributed by atoms with Crippen LogP contribution in [0.25, 0.3) is 33.6 Å². The maximum Gasteiger partial charge on any atom is 0.210 e. The molecule has 0 saturated heterocycles. The molecule has 0 N–H and O–H groups in total. The normalized spacial score (nSPS) is 11.8. The molecule has 0 aliphatic heterocycles. The van der Waals surface area contributed by atoms with Gasteiger partial charge in [-0.15, -0.1) is 0 Å². The molecule has 0 bridgehead atoms. The lowest BCUT2D eigenvalue weighted by Crippen LogP contribution is -2.03. The lowest BCUT2D eigenvalue weighted by Gasteiger charge is -2.06. The average Bonchev–Trinajstić information content (AvgIpc) is 3.20. The van der Waals surface area contributed by atoms with Crippen molar-refractivity contribution in [1.29, 1.82) is 0 Å². The first-order valence-electron chi connectivity index (χ1n) is 10.5. The summed E-state index contributed by atoms with van der Waals surface area (Å²) in [7, 11) is 0. The van der Waals surface area contributed by atoms with E-state index in [1.165, 1.54) is 0 Å². The van der Waals surface area contributed by atoms with Crippen LogP contribution >= 0.6 is 11.3 Å². The van der Waals surface area contributed by atoms with Crippen molar-refractivity contribution in [2.75, 3.05) is 6.61 Å². The summed E-state index contributed by atoms with van der Waals surface area (Å²) in [6.07, 6.45) is 0. The molecule has 0 radical (unpaired) electrons. The van der Waals surface area contributed by atoms with Gasteiger partial charge in [0.05, 0.1) is 17.7 Å². The van der Waals surface area contributed by atoms with Gasteiger partial charge < -0.3 is 9.15 Å². The van der Waals surface area contributed by atoms with Crippen molar-refractivity contribution >= 4 is 27.4 Å². The smallest absolute Gasteiger partial charge is 0.210 e. The fraction of sp³-hybridized carbons (Fsp3) is 0.111. The fourth-order valence-corrected chi connectivity index (χ4v) is 4.45. The molecule has 3 aromatic carbocycles. The van der Waals surface area contributed by atoms with Crippen LogP contribution < -0.4 is 10.1 Å². The third-order valence-corrected chi connectivity index (χ3v) is 6.01. The van der Waals surface area contributed by atoms with E-state index < -0.39 is 0 Å². The first kappa shape index (κ1) is 20.2. The minimum Gasteiger partial charge on any atom is -0.494 e. The Morgan fingerprint density at radius 3 is 2.44 bits per heavy atom. The lowest BCUT2D eigenvalue weighted by atomic mass is 10.1. The number of thiazole rings is 1. The summed E-state index contributed by atoms with van der Waals surface area (Å²) in [6, 6.07) is 28.1. The summed E-state index contributed by atoms with van der Waals surface area (Å²) in [5, 5.41) is 2.52. The Balaban J connectivity index is 1.63. The Morgan fingerprint density at radius 2 is 1.66 bits per heavy atom. The summed E-state index contributed by atoms with van der Waals surface area (Å²) < 4.78 is 11.8. The molecule has 32 heavy (non-hydrogen) atoms. The van der Waals surface area contributed by atoms with Gasteiger partial charge in [0.1, 0.15) is 17.1 Å². The van der Waals surface area contributed by atoms with Crippen molar-refractivity contribution in [1.82, 2.24) is 4.98 Å². The Bertz CT molecular complexity index is 1430. The molecule has 0 atom stereocenters. The van der Waals surface area contributed by atoms with Gasteiger partial charge in [-0.25, -0.2) is 9.98 Å². The van der Waals surface area contributed by atoms with Crippen LogP contribution in [-0.4, -0.2) is 11.6 Å². The molecule has 5 heteroatoms. The monoisotopic (exact) mass is 438 g/mol. The number of ether oxygens (including phenoxy) is 1. The largest absolute Gasteiger partial charge is 0.494 e. The van der Waals surface area contributed by atoms with Crippen LogP contribution in [0.15, 0.2) is 94.3 Å². The van der Waals surface area contributed by atoms with E-state index in [4.69, 9.17) is 19.1 Å². The van der Waals surface area contributed by atoms with Crippen LogP contribution in [-0.2, 0) is 0 Å². The molecule has 2 aromatic heterocycles. The summed E-state index contributed by atoms with van der Waals surface area (Å²) in [5.41, 5.74) is 3.84. The minimum atomic E-state index is 0.640. The molecule has 0 aliphatic carbocycles. The zero-order valence-corrected chi connectivity index (χ0v) is 18.7. The second kappa shape index (κ2) is 8.81. The maximum atomic E-state index is 6.21. The Kier molecular flexibility index (Phi) is 5.57. The Morgan fingerprint density at radius 1 is 0.906 bits per heavy atom. The van der Waals surface area contributed by atoms with Crippen LogP contribution in [0.5, 0.6) is 5.75 Å². The Hall–Kier alpha value is -3.70. The molecule has 0 fully saturated rings. The predicted molar refractivity (Wildman–Crippen MR) is 130 cm³/mol. The summed E-state index contributed by atoms with van der Waals surface area (Å²) >= 11 is 1.60. The van der Waals surface area contributed by atoms with Crippen molar-refractivity contribution in [3.05, 3.63) is 95.2 Å². The number of nitrogens with zero attached hydrogens (tertiary/aromatic N) is 2. The summed E-state index contributed by atoms with van der Waals surface area (Å²) in [5.74, 6) is 1.59. The van der Waals surface area contributed by atoms with Crippen molar-refractivity contribution < 1.29 is 9.15 Å². The maximum absolute atomic E-state index is 6.21. The van der Waals surface area contributed by atoms with E-state index in [9.17, 15) is 0 Å².